The van der Waals surface area contributed by atoms with Gasteiger partial charge in [-0.25, -0.2) is 8.42 Å². The lowest BCUT2D eigenvalue weighted by Crippen LogP contribution is -2.39. The molecule has 1 saturated heterocycles. The summed E-state index contributed by atoms with van der Waals surface area (Å²) in [6.07, 6.45) is 1.73. The molecule has 1 aromatic carbocycles. The number of ether oxygens (including phenoxy) is 1. The largest absolute Gasteiger partial charge is 0.496 e. The standard InChI is InChI=1S/C19H23ClN2O4S2/c1-26-16-5-3-2-4-15(16)13-21-18(23)12-14-8-10-22(11-9-14)28(24,25)19-7-6-17(20)27-19/h2-7,14H,8-13H2,1H3,(H,21,23). The number of hydrogen-bond acceptors (Lipinski definition) is 5. The molecule has 6 nitrogen and oxygen atoms in total. The number of nitrogens with one attached hydrogen (secondary N) is 1. The molecule has 0 saturated carbocycles. The maximum absolute atomic E-state index is 12.6. The molecule has 1 amide bonds. The van der Waals surface area contributed by atoms with E-state index < -0.39 is 10.0 Å². The molecule has 2 aromatic rings. The summed E-state index contributed by atoms with van der Waals surface area (Å²) in [5.41, 5.74) is 0.925. The van der Waals surface area contributed by atoms with Gasteiger partial charge in [-0.05, 0) is 37.0 Å². The van der Waals surface area contributed by atoms with Crippen molar-refractivity contribution in [2.75, 3.05) is 20.2 Å². The fraction of sp³-hybridized carbons (Fsp3) is 0.421. The number of thiophene rings is 1. The van der Waals surface area contributed by atoms with Gasteiger partial charge in [-0.15, -0.1) is 11.3 Å². The lowest BCUT2D eigenvalue weighted by Gasteiger charge is -2.30. The number of carbonyl (C=O) groups excluding carboxylic acids is 1. The highest BCUT2D eigenvalue weighted by Gasteiger charge is 2.31. The van der Waals surface area contributed by atoms with Gasteiger partial charge in [-0.3, -0.25) is 4.79 Å². The van der Waals surface area contributed by atoms with E-state index in [4.69, 9.17) is 16.3 Å². The van der Waals surface area contributed by atoms with Crippen LogP contribution >= 0.6 is 22.9 Å². The van der Waals surface area contributed by atoms with E-state index in [1.54, 1.807) is 19.2 Å². The predicted octanol–water partition coefficient (Wildman–Crippen LogP) is 3.52. The van der Waals surface area contributed by atoms with Crippen molar-refractivity contribution in [3.05, 3.63) is 46.3 Å². The Labute approximate surface area is 174 Å². The number of sulfonamides is 1. The van der Waals surface area contributed by atoms with Crippen LogP contribution in [0.15, 0.2) is 40.6 Å². The van der Waals surface area contributed by atoms with Crippen molar-refractivity contribution in [1.29, 1.82) is 0 Å². The fourth-order valence-electron chi connectivity index (χ4n) is 3.29. The third-order valence-corrected chi connectivity index (χ3v) is 8.46. The van der Waals surface area contributed by atoms with Crippen LogP contribution in [0.4, 0.5) is 0 Å². The van der Waals surface area contributed by atoms with Gasteiger partial charge in [0, 0.05) is 31.6 Å². The summed E-state index contributed by atoms with van der Waals surface area (Å²) in [4.78, 5) is 12.3. The lowest BCUT2D eigenvalue weighted by molar-refractivity contribution is -0.122. The number of carbonyl (C=O) groups is 1. The Morgan fingerprint density at radius 2 is 1.96 bits per heavy atom. The van der Waals surface area contributed by atoms with Crippen LogP contribution in [0.2, 0.25) is 4.34 Å². The molecular formula is C19H23ClN2O4S2. The molecule has 1 fully saturated rings. The molecular weight excluding hydrogens is 420 g/mol. The second kappa shape index (κ2) is 9.26. The number of amides is 1. The first-order valence-corrected chi connectivity index (χ1v) is 11.7. The summed E-state index contributed by atoms with van der Waals surface area (Å²) in [6, 6.07) is 10.7. The SMILES string of the molecule is COc1ccccc1CNC(=O)CC1CCN(S(=O)(=O)c2ccc(Cl)s2)CC1. The Morgan fingerprint density at radius 1 is 1.25 bits per heavy atom. The third-order valence-electron chi connectivity index (χ3n) is 4.86. The quantitative estimate of drug-likeness (QED) is 0.711. The first kappa shape index (κ1) is 21.1. The van der Waals surface area contributed by atoms with E-state index in [1.807, 2.05) is 24.3 Å². The average molecular weight is 443 g/mol. The fourth-order valence-corrected chi connectivity index (χ4v) is 6.40. The summed E-state index contributed by atoms with van der Waals surface area (Å²) in [7, 11) is -1.89. The van der Waals surface area contributed by atoms with Crippen molar-refractivity contribution in [3.8, 4) is 5.75 Å². The van der Waals surface area contributed by atoms with Gasteiger partial charge in [-0.1, -0.05) is 29.8 Å². The van der Waals surface area contributed by atoms with E-state index in [-0.39, 0.29) is 16.0 Å². The van der Waals surface area contributed by atoms with Crippen LogP contribution in [0, 0.1) is 5.92 Å². The zero-order chi connectivity index (χ0) is 20.1. The number of methoxy groups -OCH3 is 1. The molecule has 1 aliphatic heterocycles. The van der Waals surface area contributed by atoms with Crippen LogP contribution in [-0.2, 0) is 21.4 Å². The molecule has 3 rings (SSSR count). The van der Waals surface area contributed by atoms with E-state index in [9.17, 15) is 13.2 Å². The van der Waals surface area contributed by atoms with Gasteiger partial charge >= 0.3 is 0 Å². The van der Waals surface area contributed by atoms with Crippen LogP contribution in [0.25, 0.3) is 0 Å². The lowest BCUT2D eigenvalue weighted by atomic mass is 9.94. The van der Waals surface area contributed by atoms with Gasteiger partial charge in [0.2, 0.25) is 5.91 Å². The Bertz CT molecular complexity index is 922. The molecule has 1 aliphatic rings. The minimum atomic E-state index is -3.49. The predicted molar refractivity (Wildman–Crippen MR) is 110 cm³/mol. The molecule has 9 heteroatoms. The third kappa shape index (κ3) is 5.05. The van der Waals surface area contributed by atoms with Gasteiger partial charge in [0.1, 0.15) is 9.96 Å². The van der Waals surface area contributed by atoms with E-state index in [0.717, 1.165) is 22.6 Å². The second-order valence-electron chi connectivity index (χ2n) is 6.70. The van der Waals surface area contributed by atoms with Crippen LogP contribution < -0.4 is 10.1 Å². The van der Waals surface area contributed by atoms with Gasteiger partial charge in [0.15, 0.2) is 0 Å². The van der Waals surface area contributed by atoms with Crippen molar-refractivity contribution in [2.24, 2.45) is 5.92 Å². The molecule has 0 bridgehead atoms. The van der Waals surface area contributed by atoms with Crippen molar-refractivity contribution in [1.82, 2.24) is 9.62 Å². The molecule has 2 heterocycles. The topological polar surface area (TPSA) is 75.7 Å². The number of halogens is 1. The van der Waals surface area contributed by atoms with Gasteiger partial charge in [-0.2, -0.15) is 4.31 Å². The van der Waals surface area contributed by atoms with Crippen LogP contribution in [0.1, 0.15) is 24.8 Å². The first-order chi connectivity index (χ1) is 13.4. The average Bonchev–Trinajstić information content (AvgIpc) is 3.14. The smallest absolute Gasteiger partial charge is 0.252 e. The molecule has 1 N–H and O–H groups in total. The summed E-state index contributed by atoms with van der Waals surface area (Å²) >= 11 is 6.93. The molecule has 0 aliphatic carbocycles. The van der Waals surface area contributed by atoms with Crippen LogP contribution in [-0.4, -0.2) is 38.8 Å². The number of nitrogens with zero attached hydrogens (tertiary/aromatic N) is 1. The van der Waals surface area contributed by atoms with Crippen LogP contribution in [0.5, 0.6) is 5.75 Å². The van der Waals surface area contributed by atoms with E-state index in [2.05, 4.69) is 5.32 Å². The molecule has 0 atom stereocenters. The zero-order valence-electron chi connectivity index (χ0n) is 15.6. The molecule has 1 aromatic heterocycles. The second-order valence-corrected chi connectivity index (χ2v) is 10.6. The van der Waals surface area contributed by atoms with E-state index in [1.165, 1.54) is 4.31 Å². The Balaban J connectivity index is 1.48. The van der Waals surface area contributed by atoms with Crippen molar-refractivity contribution >= 4 is 38.9 Å². The van der Waals surface area contributed by atoms with E-state index in [0.29, 0.717) is 43.2 Å². The van der Waals surface area contributed by atoms with Gasteiger partial charge in [0.25, 0.3) is 10.0 Å². The highest BCUT2D eigenvalue weighted by molar-refractivity contribution is 7.91. The van der Waals surface area contributed by atoms with E-state index >= 15 is 0 Å². The highest BCUT2D eigenvalue weighted by Crippen LogP contribution is 2.31. The first-order valence-electron chi connectivity index (χ1n) is 9.04. The van der Waals surface area contributed by atoms with Gasteiger partial charge in [0.05, 0.1) is 11.4 Å². The number of para-hydroxylation sites is 1. The number of hydrogen-bond donors (Lipinski definition) is 1. The monoisotopic (exact) mass is 442 g/mol. The molecule has 0 spiro atoms. The number of piperidine rings is 1. The van der Waals surface area contributed by atoms with Crippen molar-refractivity contribution in [2.45, 2.75) is 30.0 Å². The summed E-state index contributed by atoms with van der Waals surface area (Å²) in [5, 5.41) is 2.93. The summed E-state index contributed by atoms with van der Waals surface area (Å²) in [5.74, 6) is 0.892. The molecule has 28 heavy (non-hydrogen) atoms. The normalized spacial score (nSPS) is 16.1. The van der Waals surface area contributed by atoms with Crippen molar-refractivity contribution in [3.63, 3.8) is 0 Å². The Morgan fingerprint density at radius 3 is 2.61 bits per heavy atom. The maximum Gasteiger partial charge on any atom is 0.252 e. The Hall–Kier alpha value is -1.61. The molecule has 0 unspecified atom stereocenters. The van der Waals surface area contributed by atoms with Crippen molar-refractivity contribution < 1.29 is 17.9 Å². The zero-order valence-corrected chi connectivity index (χ0v) is 17.9. The maximum atomic E-state index is 12.6. The number of rotatable bonds is 7. The minimum Gasteiger partial charge on any atom is -0.496 e. The summed E-state index contributed by atoms with van der Waals surface area (Å²) in [6.45, 7) is 1.25. The minimum absolute atomic E-state index is 0.0303. The number of benzene rings is 1. The van der Waals surface area contributed by atoms with Crippen LogP contribution in [0.3, 0.4) is 0 Å². The molecule has 0 radical (unpaired) electrons. The summed E-state index contributed by atoms with van der Waals surface area (Å²) < 4.78 is 32.8. The Kier molecular flexibility index (Phi) is 6.98. The highest BCUT2D eigenvalue weighted by atomic mass is 35.5. The molecule has 152 valence electrons. The van der Waals surface area contributed by atoms with Gasteiger partial charge < -0.3 is 10.1 Å².